The first-order chi connectivity index (χ1) is 9.81. The average molecular weight is 340 g/mol. The zero-order chi connectivity index (χ0) is 13.8. The van der Waals surface area contributed by atoms with Crippen molar-refractivity contribution in [3.63, 3.8) is 0 Å². The summed E-state index contributed by atoms with van der Waals surface area (Å²) in [6, 6.07) is 0. The number of nitrogens with zero attached hydrogens (tertiary/aromatic N) is 3. The van der Waals surface area contributed by atoms with E-state index in [1.54, 1.807) is 6.33 Å². The Labute approximate surface area is 126 Å². The van der Waals surface area contributed by atoms with E-state index in [0.717, 1.165) is 48.3 Å². The van der Waals surface area contributed by atoms with Crippen LogP contribution in [0.3, 0.4) is 0 Å². The molecular formula is C13H18BrN5O. The van der Waals surface area contributed by atoms with E-state index in [2.05, 4.69) is 41.0 Å². The molecule has 1 aliphatic rings. The topological polar surface area (TPSA) is 69.8 Å². The molecule has 0 bridgehead atoms. The summed E-state index contributed by atoms with van der Waals surface area (Å²) in [6.07, 6.45) is 7.90. The van der Waals surface area contributed by atoms with Gasteiger partial charge in [-0.05, 0) is 28.8 Å². The maximum Gasteiger partial charge on any atom is 0.0924 e. The number of H-pyrrole nitrogens is 2. The lowest BCUT2D eigenvalue weighted by atomic mass is 10.1. The van der Waals surface area contributed by atoms with E-state index in [-0.39, 0.29) is 0 Å². The SMILES string of the molecule is Brc1c[nH]nc1CN1CCC(OCc2c[nH]cn2)CC1. The minimum atomic E-state index is 0.338. The van der Waals surface area contributed by atoms with Gasteiger partial charge >= 0.3 is 0 Å². The van der Waals surface area contributed by atoms with E-state index in [0.29, 0.717) is 12.7 Å². The molecule has 0 amide bonds. The minimum absolute atomic E-state index is 0.338. The normalized spacial score (nSPS) is 17.6. The first kappa shape index (κ1) is 13.8. The smallest absolute Gasteiger partial charge is 0.0924 e. The maximum absolute atomic E-state index is 5.89. The van der Waals surface area contributed by atoms with Gasteiger partial charge in [0.25, 0.3) is 0 Å². The molecule has 0 unspecified atom stereocenters. The Hall–Kier alpha value is -1.18. The van der Waals surface area contributed by atoms with Crippen LogP contribution in [0.25, 0.3) is 0 Å². The number of aromatic nitrogens is 4. The Bertz CT molecular complexity index is 519. The highest BCUT2D eigenvalue weighted by molar-refractivity contribution is 9.10. The monoisotopic (exact) mass is 339 g/mol. The van der Waals surface area contributed by atoms with Crippen LogP contribution in [0.5, 0.6) is 0 Å². The molecular weight excluding hydrogens is 322 g/mol. The maximum atomic E-state index is 5.89. The highest BCUT2D eigenvalue weighted by Crippen LogP contribution is 2.19. The Morgan fingerprint density at radius 3 is 2.85 bits per heavy atom. The zero-order valence-corrected chi connectivity index (χ0v) is 12.8. The summed E-state index contributed by atoms with van der Waals surface area (Å²) < 4.78 is 6.94. The lowest BCUT2D eigenvalue weighted by Gasteiger charge is -2.31. The van der Waals surface area contributed by atoms with Crippen molar-refractivity contribution in [2.45, 2.75) is 32.1 Å². The zero-order valence-electron chi connectivity index (χ0n) is 11.2. The molecule has 3 rings (SSSR count). The predicted octanol–water partition coefficient (Wildman–Crippen LogP) is 2.08. The molecule has 3 heterocycles. The van der Waals surface area contributed by atoms with Crippen molar-refractivity contribution in [3.8, 4) is 0 Å². The molecule has 108 valence electrons. The van der Waals surface area contributed by atoms with E-state index in [9.17, 15) is 0 Å². The molecule has 7 heteroatoms. The molecule has 0 aromatic carbocycles. The Morgan fingerprint density at radius 1 is 1.35 bits per heavy atom. The second-order valence-corrected chi connectivity index (χ2v) is 5.88. The Balaban J connectivity index is 1.42. The summed E-state index contributed by atoms with van der Waals surface area (Å²) in [7, 11) is 0. The molecule has 0 aliphatic carbocycles. The highest BCUT2D eigenvalue weighted by Gasteiger charge is 2.21. The van der Waals surface area contributed by atoms with Gasteiger partial charge in [-0.1, -0.05) is 0 Å². The van der Waals surface area contributed by atoms with Crippen molar-refractivity contribution >= 4 is 15.9 Å². The van der Waals surface area contributed by atoms with Gasteiger partial charge in [-0.15, -0.1) is 0 Å². The van der Waals surface area contributed by atoms with Crippen LogP contribution in [-0.4, -0.2) is 44.3 Å². The lowest BCUT2D eigenvalue weighted by molar-refractivity contribution is -0.00534. The highest BCUT2D eigenvalue weighted by atomic mass is 79.9. The summed E-state index contributed by atoms with van der Waals surface area (Å²) in [6.45, 7) is 3.57. The van der Waals surface area contributed by atoms with E-state index in [4.69, 9.17) is 4.74 Å². The molecule has 6 nitrogen and oxygen atoms in total. The van der Waals surface area contributed by atoms with Gasteiger partial charge in [0.15, 0.2) is 0 Å². The summed E-state index contributed by atoms with van der Waals surface area (Å²) in [4.78, 5) is 9.52. The van der Waals surface area contributed by atoms with Crippen LogP contribution in [0.1, 0.15) is 24.2 Å². The van der Waals surface area contributed by atoms with Gasteiger partial charge in [0.1, 0.15) is 0 Å². The number of piperidine rings is 1. The Kier molecular flexibility index (Phi) is 4.49. The van der Waals surface area contributed by atoms with Crippen molar-refractivity contribution in [1.82, 2.24) is 25.1 Å². The predicted molar refractivity (Wildman–Crippen MR) is 78.0 cm³/mol. The third-order valence-corrected chi connectivity index (χ3v) is 4.28. The number of rotatable bonds is 5. The van der Waals surface area contributed by atoms with Crippen LogP contribution >= 0.6 is 15.9 Å². The van der Waals surface area contributed by atoms with Crippen molar-refractivity contribution in [2.24, 2.45) is 0 Å². The average Bonchev–Trinajstić information content (AvgIpc) is 3.11. The molecule has 20 heavy (non-hydrogen) atoms. The minimum Gasteiger partial charge on any atom is -0.372 e. The van der Waals surface area contributed by atoms with E-state index in [1.165, 1.54) is 0 Å². The second kappa shape index (κ2) is 6.51. The molecule has 0 atom stereocenters. The second-order valence-electron chi connectivity index (χ2n) is 5.03. The van der Waals surface area contributed by atoms with Crippen molar-refractivity contribution < 1.29 is 4.74 Å². The van der Waals surface area contributed by atoms with Crippen molar-refractivity contribution in [2.75, 3.05) is 13.1 Å². The van der Waals surface area contributed by atoms with Crippen LogP contribution in [0.4, 0.5) is 0 Å². The van der Waals surface area contributed by atoms with Crippen LogP contribution in [0, 0.1) is 0 Å². The molecule has 1 aliphatic heterocycles. The van der Waals surface area contributed by atoms with Gasteiger partial charge in [0.05, 0.1) is 34.9 Å². The number of aromatic amines is 2. The number of halogens is 1. The first-order valence-corrected chi connectivity index (χ1v) is 7.60. The molecule has 2 N–H and O–H groups in total. The Morgan fingerprint density at radius 2 is 2.20 bits per heavy atom. The number of ether oxygens (including phenoxy) is 1. The standard InChI is InChI=1S/C13H18BrN5O/c14-12-6-17-18-13(12)7-19-3-1-11(2-4-19)20-8-10-5-15-9-16-10/h5-6,9,11H,1-4,7-8H2,(H,15,16)(H,17,18). The fraction of sp³-hybridized carbons (Fsp3) is 0.538. The molecule has 0 saturated carbocycles. The van der Waals surface area contributed by atoms with Gasteiger partial charge in [-0.3, -0.25) is 10.00 Å². The largest absolute Gasteiger partial charge is 0.372 e. The number of hydrogen-bond donors (Lipinski definition) is 2. The summed E-state index contributed by atoms with van der Waals surface area (Å²) in [5, 5.41) is 7.12. The number of hydrogen-bond acceptors (Lipinski definition) is 4. The summed E-state index contributed by atoms with van der Waals surface area (Å²) in [5.41, 5.74) is 2.04. The van der Waals surface area contributed by atoms with Crippen molar-refractivity contribution in [1.29, 1.82) is 0 Å². The first-order valence-electron chi connectivity index (χ1n) is 6.81. The fourth-order valence-corrected chi connectivity index (χ4v) is 2.75. The van der Waals surface area contributed by atoms with Gasteiger partial charge in [0, 0.05) is 32.0 Å². The van der Waals surface area contributed by atoms with Crippen molar-refractivity contribution in [3.05, 3.63) is 34.6 Å². The molecule has 1 fully saturated rings. The van der Waals surface area contributed by atoms with Crippen LogP contribution in [0.15, 0.2) is 23.2 Å². The number of likely N-dealkylation sites (tertiary alicyclic amines) is 1. The molecule has 2 aromatic heterocycles. The van der Waals surface area contributed by atoms with E-state index in [1.807, 2.05) is 12.4 Å². The van der Waals surface area contributed by atoms with Gasteiger partial charge < -0.3 is 9.72 Å². The van der Waals surface area contributed by atoms with E-state index < -0.39 is 0 Å². The lowest BCUT2D eigenvalue weighted by Crippen LogP contribution is -2.36. The quantitative estimate of drug-likeness (QED) is 0.874. The molecule has 0 spiro atoms. The van der Waals surface area contributed by atoms with E-state index >= 15 is 0 Å². The fourth-order valence-electron chi connectivity index (χ4n) is 2.43. The molecule has 1 saturated heterocycles. The van der Waals surface area contributed by atoms with Gasteiger partial charge in [0.2, 0.25) is 0 Å². The van der Waals surface area contributed by atoms with Crippen LogP contribution in [-0.2, 0) is 17.9 Å². The number of nitrogens with one attached hydrogen (secondary N) is 2. The third-order valence-electron chi connectivity index (χ3n) is 3.60. The summed E-state index contributed by atoms with van der Waals surface area (Å²) in [5.74, 6) is 0. The molecule has 0 radical (unpaired) electrons. The third kappa shape index (κ3) is 3.47. The van der Waals surface area contributed by atoms with Crippen LogP contribution < -0.4 is 0 Å². The summed E-state index contributed by atoms with van der Waals surface area (Å²) >= 11 is 3.50. The molecule has 2 aromatic rings. The van der Waals surface area contributed by atoms with Gasteiger partial charge in [-0.25, -0.2) is 4.98 Å². The number of imidazole rings is 1. The van der Waals surface area contributed by atoms with Crippen LogP contribution in [0.2, 0.25) is 0 Å². The van der Waals surface area contributed by atoms with Gasteiger partial charge in [-0.2, -0.15) is 5.10 Å².